The van der Waals surface area contributed by atoms with E-state index in [9.17, 15) is 34.5 Å². The van der Waals surface area contributed by atoms with E-state index in [1.54, 1.807) is 0 Å². The minimum absolute atomic E-state index is 0.984. The minimum atomic E-state index is -6.00. The first kappa shape index (κ1) is 19.9. The van der Waals surface area contributed by atoms with Gasteiger partial charge >= 0.3 is 14.5 Å². The molecule has 3 rings (SSSR count). The van der Waals surface area contributed by atoms with Gasteiger partial charge in [0, 0.05) is 0 Å². The number of fused-ring (bicyclic) bond motifs is 2. The first-order valence-electron chi connectivity index (χ1n) is 6.60. The van der Waals surface area contributed by atoms with Crippen LogP contribution in [0.15, 0.2) is 30.3 Å². The van der Waals surface area contributed by atoms with Crippen molar-refractivity contribution < 1.29 is 34.5 Å². The molecule has 0 amide bonds. The van der Waals surface area contributed by atoms with Crippen molar-refractivity contribution >= 4 is 31.6 Å². The van der Waals surface area contributed by atoms with Gasteiger partial charge in [0.1, 0.15) is 0 Å². The highest BCUT2D eigenvalue weighted by Crippen LogP contribution is 2.18. The molecule has 0 spiro atoms. The maximum absolute atomic E-state index is 9.75. The molecule has 24 heavy (non-hydrogen) atoms. The van der Waals surface area contributed by atoms with E-state index in [1.165, 1.54) is 0 Å². The lowest BCUT2D eigenvalue weighted by Gasteiger charge is -2.09. The molecule has 0 unspecified atom stereocenters. The Labute approximate surface area is 131 Å². The second-order valence-corrected chi connectivity index (χ2v) is 4.48. The van der Waals surface area contributed by atoms with E-state index < -0.39 is 14.5 Å². The summed E-state index contributed by atoms with van der Waals surface area (Å²) in [5, 5.41) is 0. The zero-order valence-electron chi connectivity index (χ0n) is 12.0. The molecule has 1 aromatic heterocycles. The molecule has 0 saturated heterocycles. The summed E-state index contributed by atoms with van der Waals surface area (Å²) < 4.78 is 78.0. The van der Waals surface area contributed by atoms with Crippen LogP contribution in [-0.2, 0) is 6.42 Å². The molecule has 1 aliphatic carbocycles. The largest absolute Gasteiger partial charge is 0.673 e. The summed E-state index contributed by atoms with van der Waals surface area (Å²) in [5.41, 5.74) is 4.15. The summed E-state index contributed by atoms with van der Waals surface area (Å²) in [5.74, 6) is 0. The summed E-state index contributed by atoms with van der Waals surface area (Å²) >= 11 is 0. The average molecular weight is 356 g/mol. The van der Waals surface area contributed by atoms with Crippen LogP contribution in [0.2, 0.25) is 0 Å². The molecule has 12 heteroatoms. The normalized spacial score (nSPS) is 13.3. The number of aromatic nitrogens is 2. The first-order valence-corrected chi connectivity index (χ1v) is 6.60. The zero-order valence-corrected chi connectivity index (χ0v) is 12.0. The Kier molecular flexibility index (Phi) is 6.73. The number of aryl methyl sites for hydroxylation is 1. The third-order valence-electron chi connectivity index (χ3n) is 2.50. The van der Waals surface area contributed by atoms with Gasteiger partial charge in [-0.1, -0.05) is 18.2 Å². The highest BCUT2D eigenvalue weighted by atomic mass is 19.5. The molecule has 0 bridgehead atoms. The number of hydrogen-bond acceptors (Lipinski definition) is 2. The lowest BCUT2D eigenvalue weighted by atomic mass is 10.1. The molecule has 0 N–H and O–H groups in total. The van der Waals surface area contributed by atoms with E-state index in [-0.39, 0.29) is 0 Å². The van der Waals surface area contributed by atoms with Gasteiger partial charge in [0.25, 0.3) is 0 Å². The molecule has 1 aliphatic rings. The Balaban J connectivity index is 0.000000243. The van der Waals surface area contributed by atoms with E-state index in [2.05, 4.69) is 22.1 Å². The van der Waals surface area contributed by atoms with Crippen LogP contribution < -0.4 is 0 Å². The number of nitrogens with zero attached hydrogens (tertiary/aromatic N) is 2. The topological polar surface area (TPSA) is 25.8 Å². The fourth-order valence-corrected chi connectivity index (χ4v) is 1.78. The second kappa shape index (κ2) is 8.11. The molecule has 2 aromatic rings. The van der Waals surface area contributed by atoms with Crippen molar-refractivity contribution in [3.63, 3.8) is 0 Å². The van der Waals surface area contributed by atoms with Crippen molar-refractivity contribution in [2.75, 3.05) is 0 Å². The van der Waals surface area contributed by atoms with Gasteiger partial charge in [0.15, 0.2) is 0 Å². The van der Waals surface area contributed by atoms with Crippen LogP contribution in [0.4, 0.5) is 34.5 Å². The molecule has 1 heterocycles. The van der Waals surface area contributed by atoms with Crippen LogP contribution in [0, 0.1) is 0 Å². The lowest BCUT2D eigenvalue weighted by molar-refractivity contribution is 0.366. The molecule has 0 atom stereocenters. The van der Waals surface area contributed by atoms with Gasteiger partial charge in [-0.2, -0.15) is 0 Å². The van der Waals surface area contributed by atoms with Crippen LogP contribution in [-0.4, -0.2) is 24.5 Å². The Morgan fingerprint density at radius 3 is 1.71 bits per heavy atom. The highest BCUT2D eigenvalue weighted by molar-refractivity contribution is 6.50. The van der Waals surface area contributed by atoms with Crippen LogP contribution in [0.5, 0.6) is 0 Å². The Morgan fingerprint density at radius 1 is 0.750 bits per heavy atom. The molecular formula is C12H10B2F8N2-2. The van der Waals surface area contributed by atoms with Crippen LogP contribution >= 0.6 is 0 Å². The SMILES string of the molecule is C1=Cc2nc3ccccc3nc2CC1.F[B-](F)(F)F.F[B-](F)(F)F. The Morgan fingerprint density at radius 2 is 1.21 bits per heavy atom. The van der Waals surface area contributed by atoms with Gasteiger partial charge in [-0.05, 0) is 31.1 Å². The second-order valence-electron chi connectivity index (χ2n) is 4.48. The van der Waals surface area contributed by atoms with Crippen molar-refractivity contribution in [2.45, 2.75) is 12.8 Å². The molecule has 0 fully saturated rings. The molecule has 0 radical (unpaired) electrons. The van der Waals surface area contributed by atoms with Crippen molar-refractivity contribution in [3.8, 4) is 0 Å². The van der Waals surface area contributed by atoms with E-state index >= 15 is 0 Å². The molecule has 2 nitrogen and oxygen atoms in total. The molecule has 1 aromatic carbocycles. The lowest BCUT2D eigenvalue weighted by Crippen LogP contribution is -2.02. The Bertz CT molecular complexity index is 675. The predicted molar refractivity (Wildman–Crippen MR) is 77.3 cm³/mol. The van der Waals surface area contributed by atoms with E-state index in [0.717, 1.165) is 35.3 Å². The van der Waals surface area contributed by atoms with Gasteiger partial charge in [0.2, 0.25) is 0 Å². The summed E-state index contributed by atoms with van der Waals surface area (Å²) in [6.07, 6.45) is 6.33. The zero-order chi connectivity index (χ0) is 18.4. The number of halogens is 8. The van der Waals surface area contributed by atoms with Gasteiger partial charge in [-0.3, -0.25) is 0 Å². The smallest absolute Gasteiger partial charge is 0.418 e. The Hall–Kier alpha value is -2.13. The van der Waals surface area contributed by atoms with Crippen molar-refractivity contribution in [3.05, 3.63) is 41.7 Å². The van der Waals surface area contributed by atoms with E-state index in [0.29, 0.717) is 0 Å². The summed E-state index contributed by atoms with van der Waals surface area (Å²) in [6.45, 7) is 0. The summed E-state index contributed by atoms with van der Waals surface area (Å²) in [7, 11) is -12.0. The van der Waals surface area contributed by atoms with E-state index in [4.69, 9.17) is 0 Å². The molecule has 0 aliphatic heterocycles. The fourth-order valence-electron chi connectivity index (χ4n) is 1.78. The van der Waals surface area contributed by atoms with Crippen LogP contribution in [0.1, 0.15) is 17.8 Å². The van der Waals surface area contributed by atoms with Gasteiger partial charge in [-0.25, -0.2) is 9.97 Å². The minimum Gasteiger partial charge on any atom is -0.418 e. The third-order valence-corrected chi connectivity index (χ3v) is 2.50. The quantitative estimate of drug-likeness (QED) is 0.480. The number of allylic oxidation sites excluding steroid dienone is 1. The number of rotatable bonds is 0. The van der Waals surface area contributed by atoms with Gasteiger partial charge in [0.05, 0.1) is 22.4 Å². The fraction of sp³-hybridized carbons (Fsp3) is 0.167. The van der Waals surface area contributed by atoms with Crippen LogP contribution in [0.3, 0.4) is 0 Å². The monoisotopic (exact) mass is 356 g/mol. The van der Waals surface area contributed by atoms with Crippen molar-refractivity contribution in [2.24, 2.45) is 0 Å². The molecule has 132 valence electrons. The molecular weight excluding hydrogens is 346 g/mol. The average Bonchev–Trinajstić information content (AvgIpc) is 2.41. The maximum Gasteiger partial charge on any atom is 0.673 e. The van der Waals surface area contributed by atoms with Crippen molar-refractivity contribution in [1.82, 2.24) is 9.97 Å². The third kappa shape index (κ3) is 9.11. The summed E-state index contributed by atoms with van der Waals surface area (Å²) in [4.78, 5) is 9.17. The number of benzene rings is 1. The van der Waals surface area contributed by atoms with Crippen molar-refractivity contribution in [1.29, 1.82) is 0 Å². The highest BCUT2D eigenvalue weighted by Gasteiger charge is 2.21. The summed E-state index contributed by atoms with van der Waals surface area (Å²) in [6, 6.07) is 8.02. The van der Waals surface area contributed by atoms with E-state index in [1.807, 2.05) is 24.3 Å². The number of hydrogen-bond donors (Lipinski definition) is 0. The molecule has 0 saturated carbocycles. The first-order chi connectivity index (χ1) is 10.9. The van der Waals surface area contributed by atoms with Gasteiger partial charge in [-0.15, -0.1) is 0 Å². The van der Waals surface area contributed by atoms with Gasteiger partial charge < -0.3 is 34.5 Å². The maximum atomic E-state index is 9.75. The standard InChI is InChI=1S/C12H10N2.2BF4/c1-2-6-10-9(5-1)13-11-7-3-4-8-12(11)14-10;2*2-1(3,4)5/h1-3,5-7H,4,8H2;;/q;2*-1. The number of para-hydroxylation sites is 2. The van der Waals surface area contributed by atoms with Crippen LogP contribution in [0.25, 0.3) is 17.1 Å². The predicted octanol–water partition coefficient (Wildman–Crippen LogP) is 5.19.